The Morgan fingerprint density at radius 1 is 1.04 bits per heavy atom. The molecule has 0 bridgehead atoms. The van der Waals surface area contributed by atoms with Crippen molar-refractivity contribution in [3.8, 4) is 17.4 Å². The summed E-state index contributed by atoms with van der Waals surface area (Å²) in [4.78, 5) is 11.7. The molecule has 0 aliphatic carbocycles. The third-order valence-electron chi connectivity index (χ3n) is 3.33. The highest BCUT2D eigenvalue weighted by atomic mass is 16.3. The standard InChI is InChI=1S/C19H14N4O2/c20-12-14-6-4-5-9-17(14)18-11-10-16(25-18)13-21-23-19(24)22-15-7-2-1-3-8-15/h1-11,13H,(H2,22,23,24)/b21-13-. The number of carbonyl (C=O) groups is 1. The molecule has 6 nitrogen and oxygen atoms in total. The van der Waals surface area contributed by atoms with Gasteiger partial charge < -0.3 is 9.73 Å². The molecule has 2 N–H and O–H groups in total. The van der Waals surface area contributed by atoms with Crippen molar-refractivity contribution >= 4 is 17.9 Å². The fourth-order valence-corrected chi connectivity index (χ4v) is 2.20. The largest absolute Gasteiger partial charge is 0.455 e. The molecule has 0 aliphatic rings. The number of hydrazone groups is 1. The van der Waals surface area contributed by atoms with Crippen LogP contribution < -0.4 is 10.7 Å². The van der Waals surface area contributed by atoms with E-state index in [0.717, 1.165) is 0 Å². The van der Waals surface area contributed by atoms with Crippen molar-refractivity contribution in [3.05, 3.63) is 78.1 Å². The number of furan rings is 1. The molecule has 0 spiro atoms. The van der Waals surface area contributed by atoms with E-state index in [0.29, 0.717) is 28.3 Å². The van der Waals surface area contributed by atoms with Gasteiger partial charge in [0.05, 0.1) is 17.8 Å². The lowest BCUT2D eigenvalue weighted by Crippen LogP contribution is -2.24. The van der Waals surface area contributed by atoms with Crippen LogP contribution in [0.3, 0.4) is 0 Å². The van der Waals surface area contributed by atoms with E-state index in [-0.39, 0.29) is 0 Å². The fourth-order valence-electron chi connectivity index (χ4n) is 2.20. The van der Waals surface area contributed by atoms with Crippen LogP contribution in [-0.2, 0) is 0 Å². The third kappa shape index (κ3) is 4.12. The molecule has 122 valence electrons. The molecule has 6 heteroatoms. The molecule has 0 saturated heterocycles. The monoisotopic (exact) mass is 330 g/mol. The number of nitrogens with zero attached hydrogens (tertiary/aromatic N) is 2. The molecule has 2 aromatic carbocycles. The number of benzene rings is 2. The summed E-state index contributed by atoms with van der Waals surface area (Å²) >= 11 is 0. The molecule has 1 aromatic heterocycles. The van der Waals surface area contributed by atoms with Crippen LogP contribution >= 0.6 is 0 Å². The van der Waals surface area contributed by atoms with Gasteiger partial charge in [-0.25, -0.2) is 10.2 Å². The average Bonchev–Trinajstić information content (AvgIpc) is 3.11. The van der Waals surface area contributed by atoms with Gasteiger partial charge in [-0.3, -0.25) is 0 Å². The zero-order valence-corrected chi connectivity index (χ0v) is 13.1. The van der Waals surface area contributed by atoms with Crippen LogP contribution in [0.25, 0.3) is 11.3 Å². The molecule has 0 fully saturated rings. The van der Waals surface area contributed by atoms with Gasteiger partial charge in [0.1, 0.15) is 11.5 Å². The van der Waals surface area contributed by atoms with E-state index in [1.54, 1.807) is 36.4 Å². The van der Waals surface area contributed by atoms with Crippen molar-refractivity contribution in [3.63, 3.8) is 0 Å². The second kappa shape index (κ2) is 7.62. The van der Waals surface area contributed by atoms with E-state index in [1.165, 1.54) is 6.21 Å². The highest BCUT2D eigenvalue weighted by Crippen LogP contribution is 2.24. The van der Waals surface area contributed by atoms with Crippen molar-refractivity contribution in [2.45, 2.75) is 0 Å². The Labute approximate surface area is 144 Å². The van der Waals surface area contributed by atoms with Gasteiger partial charge in [0.15, 0.2) is 0 Å². The van der Waals surface area contributed by atoms with Gasteiger partial charge in [0.25, 0.3) is 0 Å². The Morgan fingerprint density at radius 3 is 2.60 bits per heavy atom. The molecule has 3 aromatic rings. The highest BCUT2D eigenvalue weighted by Gasteiger charge is 2.08. The molecular formula is C19H14N4O2. The number of carbonyl (C=O) groups excluding carboxylic acids is 1. The number of nitriles is 1. The number of amides is 2. The maximum Gasteiger partial charge on any atom is 0.339 e. The van der Waals surface area contributed by atoms with Crippen LogP contribution in [0.1, 0.15) is 11.3 Å². The Kier molecular flexibility index (Phi) is 4.88. The lowest BCUT2D eigenvalue weighted by atomic mass is 10.1. The molecular weight excluding hydrogens is 316 g/mol. The van der Waals surface area contributed by atoms with Crippen molar-refractivity contribution < 1.29 is 9.21 Å². The summed E-state index contributed by atoms with van der Waals surface area (Å²) in [6.45, 7) is 0. The third-order valence-corrected chi connectivity index (χ3v) is 3.33. The normalized spacial score (nSPS) is 10.4. The van der Waals surface area contributed by atoms with Crippen LogP contribution in [0.4, 0.5) is 10.5 Å². The van der Waals surface area contributed by atoms with Crippen LogP contribution in [-0.4, -0.2) is 12.2 Å². The Bertz CT molecular complexity index is 939. The molecule has 0 atom stereocenters. The molecule has 0 unspecified atom stereocenters. The molecule has 2 amide bonds. The molecule has 0 aliphatic heterocycles. The van der Waals surface area contributed by atoms with Gasteiger partial charge in [-0.1, -0.05) is 30.3 Å². The quantitative estimate of drug-likeness (QED) is 0.560. The number of hydrogen-bond donors (Lipinski definition) is 2. The van der Waals surface area contributed by atoms with E-state index < -0.39 is 6.03 Å². The Balaban J connectivity index is 1.62. The van der Waals surface area contributed by atoms with E-state index in [2.05, 4.69) is 21.9 Å². The van der Waals surface area contributed by atoms with Crippen LogP contribution in [0.2, 0.25) is 0 Å². The first-order valence-corrected chi connectivity index (χ1v) is 7.51. The number of rotatable bonds is 4. The van der Waals surface area contributed by atoms with Gasteiger partial charge in [-0.05, 0) is 36.4 Å². The maximum atomic E-state index is 11.7. The number of nitrogens with one attached hydrogen (secondary N) is 2. The summed E-state index contributed by atoms with van der Waals surface area (Å²) in [6.07, 6.45) is 1.39. The molecule has 0 saturated carbocycles. The lowest BCUT2D eigenvalue weighted by Gasteiger charge is -2.02. The molecule has 3 rings (SSSR count). The van der Waals surface area contributed by atoms with Crippen LogP contribution in [0, 0.1) is 11.3 Å². The smallest absolute Gasteiger partial charge is 0.339 e. The minimum absolute atomic E-state index is 0.455. The van der Waals surface area contributed by atoms with Gasteiger partial charge in [0, 0.05) is 11.3 Å². The van der Waals surface area contributed by atoms with Crippen molar-refractivity contribution in [1.82, 2.24) is 5.43 Å². The van der Waals surface area contributed by atoms with Gasteiger partial charge in [-0.15, -0.1) is 0 Å². The van der Waals surface area contributed by atoms with E-state index in [1.807, 2.05) is 30.3 Å². The summed E-state index contributed by atoms with van der Waals surface area (Å²) in [5, 5.41) is 15.6. The Morgan fingerprint density at radius 2 is 1.80 bits per heavy atom. The van der Waals surface area contributed by atoms with E-state index in [9.17, 15) is 4.79 Å². The number of hydrogen-bond acceptors (Lipinski definition) is 4. The van der Waals surface area contributed by atoms with Crippen LogP contribution in [0.15, 0.2) is 76.2 Å². The van der Waals surface area contributed by atoms with Gasteiger partial charge >= 0.3 is 6.03 Å². The first kappa shape index (κ1) is 16.0. The summed E-state index contributed by atoms with van der Waals surface area (Å²) in [5.74, 6) is 1.02. The number of anilines is 1. The first-order valence-electron chi connectivity index (χ1n) is 7.51. The number of para-hydroxylation sites is 1. The minimum Gasteiger partial charge on any atom is -0.455 e. The predicted molar refractivity (Wildman–Crippen MR) is 95.0 cm³/mol. The summed E-state index contributed by atoms with van der Waals surface area (Å²) < 4.78 is 5.64. The van der Waals surface area contributed by atoms with Crippen molar-refractivity contribution in [2.24, 2.45) is 5.10 Å². The highest BCUT2D eigenvalue weighted by molar-refractivity contribution is 5.90. The summed E-state index contributed by atoms with van der Waals surface area (Å²) in [7, 11) is 0. The van der Waals surface area contributed by atoms with E-state index in [4.69, 9.17) is 9.68 Å². The van der Waals surface area contributed by atoms with Crippen molar-refractivity contribution in [1.29, 1.82) is 5.26 Å². The Hall–Kier alpha value is -3.85. The molecule has 0 radical (unpaired) electrons. The maximum absolute atomic E-state index is 11.7. The fraction of sp³-hybridized carbons (Fsp3) is 0. The van der Waals surface area contributed by atoms with E-state index >= 15 is 0 Å². The lowest BCUT2D eigenvalue weighted by molar-refractivity contribution is 0.252. The predicted octanol–water partition coefficient (Wildman–Crippen LogP) is 3.97. The SMILES string of the molecule is N#Cc1ccccc1-c1ccc(/C=N\NC(=O)Nc2ccccc2)o1. The summed E-state index contributed by atoms with van der Waals surface area (Å²) in [5.41, 5.74) is 4.26. The van der Waals surface area contributed by atoms with Gasteiger partial charge in [0.2, 0.25) is 0 Å². The molecule has 1 heterocycles. The van der Waals surface area contributed by atoms with Crippen LogP contribution in [0.5, 0.6) is 0 Å². The average molecular weight is 330 g/mol. The second-order valence-corrected chi connectivity index (χ2v) is 5.05. The zero-order chi connectivity index (χ0) is 17.5. The first-order chi connectivity index (χ1) is 12.3. The van der Waals surface area contributed by atoms with Crippen molar-refractivity contribution in [2.75, 3.05) is 5.32 Å². The minimum atomic E-state index is -0.455. The van der Waals surface area contributed by atoms with Gasteiger partial charge in [-0.2, -0.15) is 10.4 Å². The zero-order valence-electron chi connectivity index (χ0n) is 13.1. The second-order valence-electron chi connectivity index (χ2n) is 5.05. The topological polar surface area (TPSA) is 90.4 Å². The number of urea groups is 1. The summed E-state index contributed by atoms with van der Waals surface area (Å²) in [6, 6.07) is 21.3. The molecule has 25 heavy (non-hydrogen) atoms.